The van der Waals surface area contributed by atoms with Crippen LogP contribution in [-0.2, 0) is 4.74 Å². The Kier molecular flexibility index (Phi) is 5.06. The van der Waals surface area contributed by atoms with Crippen LogP contribution in [0.2, 0.25) is 0 Å². The summed E-state index contributed by atoms with van der Waals surface area (Å²) in [5.74, 6) is 0.974. The molecule has 1 aliphatic heterocycles. The molecule has 0 bridgehead atoms. The molecule has 0 radical (unpaired) electrons. The van der Waals surface area contributed by atoms with Gasteiger partial charge >= 0.3 is 0 Å². The van der Waals surface area contributed by atoms with Gasteiger partial charge in [-0.1, -0.05) is 0 Å². The first-order valence-corrected chi connectivity index (χ1v) is 9.96. The SMILES string of the molecule is Nc1cncc(-c2cn3ccnc(Nc4ccc(N5CCO[C@@H](CO)C5)cc4)c3n2)n1. The molecular formula is C21H22N8O2. The van der Waals surface area contributed by atoms with Crippen molar-refractivity contribution in [2.75, 3.05) is 42.3 Å². The van der Waals surface area contributed by atoms with Crippen molar-refractivity contribution in [1.29, 1.82) is 0 Å². The molecule has 1 atom stereocenters. The fraction of sp³-hybridized carbons (Fsp3) is 0.238. The fourth-order valence-electron chi connectivity index (χ4n) is 3.59. The van der Waals surface area contributed by atoms with Gasteiger partial charge in [0.25, 0.3) is 0 Å². The molecule has 5 rings (SSSR count). The molecule has 4 aromatic rings. The lowest BCUT2D eigenvalue weighted by atomic mass is 10.2. The molecule has 4 N–H and O–H groups in total. The minimum Gasteiger partial charge on any atom is -0.394 e. The van der Waals surface area contributed by atoms with Crippen molar-refractivity contribution in [3.63, 3.8) is 0 Å². The predicted molar refractivity (Wildman–Crippen MR) is 117 cm³/mol. The van der Waals surface area contributed by atoms with Crippen LogP contribution in [0.3, 0.4) is 0 Å². The highest BCUT2D eigenvalue weighted by atomic mass is 16.5. The molecule has 158 valence electrons. The minimum atomic E-state index is -0.146. The number of imidazole rings is 1. The lowest BCUT2D eigenvalue weighted by molar-refractivity contribution is 0.00357. The number of nitrogens with zero attached hydrogens (tertiary/aromatic N) is 6. The summed E-state index contributed by atoms with van der Waals surface area (Å²) in [6.07, 6.45) is 8.39. The Morgan fingerprint density at radius 3 is 2.84 bits per heavy atom. The third-order valence-corrected chi connectivity index (χ3v) is 5.13. The number of morpholine rings is 1. The van der Waals surface area contributed by atoms with E-state index in [0.29, 0.717) is 41.8 Å². The van der Waals surface area contributed by atoms with Gasteiger partial charge in [0.1, 0.15) is 17.2 Å². The van der Waals surface area contributed by atoms with Gasteiger partial charge in [0.15, 0.2) is 11.5 Å². The molecule has 1 aromatic carbocycles. The van der Waals surface area contributed by atoms with Crippen LogP contribution in [0, 0.1) is 0 Å². The maximum atomic E-state index is 9.35. The number of benzene rings is 1. The topological polar surface area (TPSA) is 127 Å². The van der Waals surface area contributed by atoms with Crippen LogP contribution in [0.1, 0.15) is 0 Å². The summed E-state index contributed by atoms with van der Waals surface area (Å²) in [6.45, 7) is 2.11. The van der Waals surface area contributed by atoms with Crippen molar-refractivity contribution >= 4 is 28.7 Å². The summed E-state index contributed by atoms with van der Waals surface area (Å²) in [5, 5.41) is 12.7. The molecule has 0 aliphatic carbocycles. The number of fused-ring (bicyclic) bond motifs is 1. The number of ether oxygens (including phenoxy) is 1. The van der Waals surface area contributed by atoms with Gasteiger partial charge in [-0.05, 0) is 24.3 Å². The second-order valence-corrected chi connectivity index (χ2v) is 7.26. The number of aliphatic hydroxyl groups is 1. The van der Waals surface area contributed by atoms with Gasteiger partial charge in [0, 0.05) is 43.1 Å². The van der Waals surface area contributed by atoms with Gasteiger partial charge in [-0.3, -0.25) is 4.98 Å². The predicted octanol–water partition coefficient (Wildman–Crippen LogP) is 1.71. The molecule has 31 heavy (non-hydrogen) atoms. The lowest BCUT2D eigenvalue weighted by Crippen LogP contribution is -2.44. The van der Waals surface area contributed by atoms with E-state index in [-0.39, 0.29) is 12.7 Å². The number of nitrogens with one attached hydrogen (secondary N) is 1. The first-order chi connectivity index (χ1) is 15.2. The van der Waals surface area contributed by atoms with Crippen LogP contribution in [-0.4, -0.2) is 61.9 Å². The standard InChI is InChI=1S/C21H22N8O2/c22-19-10-23-9-17(26-19)18-12-29-6-5-24-20(21(29)27-18)25-14-1-3-15(4-2-14)28-7-8-31-16(11-28)13-30/h1-6,9-10,12,16,30H,7-8,11,13H2,(H2,22,26)(H,24,25)/t16-/m1/s1. The second-order valence-electron chi connectivity index (χ2n) is 7.26. The van der Waals surface area contributed by atoms with E-state index in [1.165, 1.54) is 6.20 Å². The molecule has 0 spiro atoms. The molecule has 1 saturated heterocycles. The van der Waals surface area contributed by atoms with E-state index in [1.807, 2.05) is 41.1 Å². The van der Waals surface area contributed by atoms with Gasteiger partial charge in [0.2, 0.25) is 0 Å². The van der Waals surface area contributed by atoms with Crippen molar-refractivity contribution in [2.24, 2.45) is 0 Å². The Hall–Kier alpha value is -3.76. The lowest BCUT2D eigenvalue weighted by Gasteiger charge is -2.33. The van der Waals surface area contributed by atoms with Crippen LogP contribution in [0.25, 0.3) is 17.0 Å². The maximum Gasteiger partial charge on any atom is 0.181 e. The zero-order valence-electron chi connectivity index (χ0n) is 16.7. The number of anilines is 4. The Morgan fingerprint density at radius 1 is 1.16 bits per heavy atom. The molecule has 1 fully saturated rings. The van der Waals surface area contributed by atoms with E-state index in [1.54, 1.807) is 12.4 Å². The summed E-state index contributed by atoms with van der Waals surface area (Å²) in [4.78, 5) is 19.7. The summed E-state index contributed by atoms with van der Waals surface area (Å²) in [5.41, 5.74) is 9.66. The average Bonchev–Trinajstić information content (AvgIpc) is 3.25. The molecule has 10 nitrogen and oxygen atoms in total. The van der Waals surface area contributed by atoms with Gasteiger partial charge in [0.05, 0.1) is 31.7 Å². The number of nitrogens with two attached hydrogens (primary N) is 1. The number of nitrogen functional groups attached to an aromatic ring is 1. The van der Waals surface area contributed by atoms with Gasteiger partial charge in [-0.25, -0.2) is 15.0 Å². The molecule has 3 aromatic heterocycles. The van der Waals surface area contributed by atoms with E-state index in [9.17, 15) is 5.11 Å². The number of hydrogen-bond acceptors (Lipinski definition) is 9. The monoisotopic (exact) mass is 418 g/mol. The molecule has 1 aliphatic rings. The van der Waals surface area contributed by atoms with Crippen LogP contribution in [0.4, 0.5) is 23.0 Å². The third-order valence-electron chi connectivity index (χ3n) is 5.13. The molecule has 4 heterocycles. The first-order valence-electron chi connectivity index (χ1n) is 9.96. The zero-order chi connectivity index (χ0) is 21.2. The number of aromatic nitrogens is 5. The Morgan fingerprint density at radius 2 is 2.03 bits per heavy atom. The largest absolute Gasteiger partial charge is 0.394 e. The molecule has 0 saturated carbocycles. The average molecular weight is 418 g/mol. The van der Waals surface area contributed by atoms with Crippen molar-refractivity contribution < 1.29 is 9.84 Å². The van der Waals surface area contributed by atoms with Crippen LogP contribution in [0.15, 0.2) is 55.2 Å². The Labute approximate surface area is 178 Å². The summed E-state index contributed by atoms with van der Waals surface area (Å²) >= 11 is 0. The summed E-state index contributed by atoms with van der Waals surface area (Å²) in [6, 6.07) is 8.08. The third kappa shape index (κ3) is 3.98. The normalized spacial score (nSPS) is 16.5. The Balaban J connectivity index is 1.38. The first kappa shape index (κ1) is 19.2. The van der Waals surface area contributed by atoms with Crippen molar-refractivity contribution in [2.45, 2.75) is 6.10 Å². The van der Waals surface area contributed by atoms with E-state index in [2.05, 4.69) is 30.2 Å². The molecule has 10 heteroatoms. The van der Waals surface area contributed by atoms with Gasteiger partial charge < -0.3 is 30.2 Å². The molecule has 0 amide bonds. The van der Waals surface area contributed by atoms with Gasteiger partial charge in [-0.2, -0.15) is 0 Å². The molecule has 0 unspecified atom stereocenters. The highest BCUT2D eigenvalue weighted by Gasteiger charge is 2.20. The number of hydrogen-bond donors (Lipinski definition) is 3. The zero-order valence-corrected chi connectivity index (χ0v) is 16.7. The van der Waals surface area contributed by atoms with Crippen LogP contribution in [0.5, 0.6) is 0 Å². The molecular weight excluding hydrogens is 396 g/mol. The van der Waals surface area contributed by atoms with Crippen LogP contribution < -0.4 is 16.0 Å². The highest BCUT2D eigenvalue weighted by molar-refractivity contribution is 5.73. The number of rotatable bonds is 5. The highest BCUT2D eigenvalue weighted by Crippen LogP contribution is 2.25. The summed E-state index contributed by atoms with van der Waals surface area (Å²) in [7, 11) is 0. The van der Waals surface area contributed by atoms with E-state index >= 15 is 0 Å². The minimum absolute atomic E-state index is 0.0271. The maximum absolute atomic E-state index is 9.35. The van der Waals surface area contributed by atoms with Crippen molar-refractivity contribution in [3.05, 3.63) is 55.2 Å². The second kappa shape index (κ2) is 8.17. The quantitative estimate of drug-likeness (QED) is 0.444. The number of aliphatic hydroxyl groups excluding tert-OH is 1. The summed E-state index contributed by atoms with van der Waals surface area (Å²) < 4.78 is 7.41. The van der Waals surface area contributed by atoms with Crippen molar-refractivity contribution in [1.82, 2.24) is 24.3 Å². The van der Waals surface area contributed by atoms with E-state index in [0.717, 1.165) is 17.9 Å². The van der Waals surface area contributed by atoms with E-state index < -0.39 is 0 Å². The fourth-order valence-corrected chi connectivity index (χ4v) is 3.59. The van der Waals surface area contributed by atoms with Crippen molar-refractivity contribution in [3.8, 4) is 11.4 Å². The van der Waals surface area contributed by atoms with Crippen LogP contribution >= 0.6 is 0 Å². The smallest absolute Gasteiger partial charge is 0.181 e. The van der Waals surface area contributed by atoms with E-state index in [4.69, 9.17) is 10.5 Å². The van der Waals surface area contributed by atoms with Gasteiger partial charge in [-0.15, -0.1) is 0 Å². The Bertz CT molecular complexity index is 1190.